The Hall–Kier alpha value is -7.43. The molecule has 0 N–H and O–H groups in total. The van der Waals surface area contributed by atoms with Gasteiger partial charge in [-0.05, 0) is 47.0 Å². The lowest BCUT2D eigenvalue weighted by atomic mass is 9.89. The van der Waals surface area contributed by atoms with Crippen LogP contribution in [-0.2, 0) is 0 Å². The third kappa shape index (κ3) is 5.19. The molecule has 0 aliphatic rings. The zero-order valence-electron chi connectivity index (χ0n) is 29.6. The predicted octanol–water partition coefficient (Wildman–Crippen LogP) is 13.6. The van der Waals surface area contributed by atoms with Crippen LogP contribution in [0.15, 0.2) is 192 Å². The van der Waals surface area contributed by atoms with E-state index in [1.54, 1.807) is 0 Å². The van der Waals surface area contributed by atoms with Crippen molar-refractivity contribution in [1.29, 1.82) is 0 Å². The van der Waals surface area contributed by atoms with Crippen LogP contribution in [0.2, 0.25) is 0 Å². The first kappa shape index (κ1) is 31.1. The second-order valence-corrected chi connectivity index (χ2v) is 13.9. The van der Waals surface area contributed by atoms with Gasteiger partial charge in [-0.25, -0.2) is 15.0 Å². The Balaban J connectivity index is 1.08. The van der Waals surface area contributed by atoms with Gasteiger partial charge >= 0.3 is 0 Å². The fourth-order valence-electron chi connectivity index (χ4n) is 8.11. The lowest BCUT2D eigenvalue weighted by Crippen LogP contribution is -1.95. The summed E-state index contributed by atoms with van der Waals surface area (Å²) >= 11 is 0. The van der Waals surface area contributed by atoms with Crippen LogP contribution in [0, 0.1) is 0 Å². The average Bonchev–Trinajstić information content (AvgIpc) is 3.64. The molecule has 3 heterocycles. The molecule has 0 saturated heterocycles. The number of para-hydroxylation sites is 3. The van der Waals surface area contributed by atoms with E-state index in [2.05, 4.69) is 152 Å². The summed E-state index contributed by atoms with van der Waals surface area (Å²) in [4.78, 5) is 15.4. The third-order valence-corrected chi connectivity index (χ3v) is 10.7. The third-order valence-electron chi connectivity index (χ3n) is 10.7. The van der Waals surface area contributed by atoms with E-state index in [-0.39, 0.29) is 0 Å². The molecule has 4 heteroatoms. The van der Waals surface area contributed by atoms with Gasteiger partial charge in [-0.3, -0.25) is 0 Å². The van der Waals surface area contributed by atoms with Crippen molar-refractivity contribution in [2.45, 2.75) is 0 Å². The van der Waals surface area contributed by atoms with Crippen LogP contribution in [0.4, 0.5) is 0 Å². The van der Waals surface area contributed by atoms with Crippen LogP contribution in [-0.4, -0.2) is 15.0 Å². The van der Waals surface area contributed by atoms with Crippen LogP contribution in [0.25, 0.3) is 111 Å². The summed E-state index contributed by atoms with van der Waals surface area (Å²) in [6.45, 7) is 0. The summed E-state index contributed by atoms with van der Waals surface area (Å²) in [5.41, 5.74) is 13.1. The Morgan fingerprint density at radius 1 is 0.309 bits per heavy atom. The normalized spacial score (nSPS) is 11.6. The molecule has 0 radical (unpaired) electrons. The van der Waals surface area contributed by atoms with Gasteiger partial charge in [0, 0.05) is 54.6 Å². The zero-order valence-corrected chi connectivity index (χ0v) is 29.6. The van der Waals surface area contributed by atoms with Crippen LogP contribution in [0.3, 0.4) is 0 Å². The van der Waals surface area contributed by atoms with E-state index < -0.39 is 0 Å². The maximum absolute atomic E-state index is 6.57. The number of aromatic nitrogens is 3. The monoisotopic (exact) mass is 701 g/mol. The van der Waals surface area contributed by atoms with Gasteiger partial charge in [-0.2, -0.15) is 0 Å². The van der Waals surface area contributed by atoms with Crippen molar-refractivity contribution in [3.05, 3.63) is 188 Å². The maximum atomic E-state index is 6.57. The van der Waals surface area contributed by atoms with Crippen molar-refractivity contribution >= 4 is 54.5 Å². The molecule has 0 amide bonds. The first-order chi connectivity index (χ1) is 27.3. The first-order valence-electron chi connectivity index (χ1n) is 18.5. The minimum absolute atomic E-state index is 0.717. The molecular formula is C51H31N3O. The number of fused-ring (bicyclic) bond motifs is 7. The van der Waals surface area contributed by atoms with E-state index in [0.29, 0.717) is 0 Å². The van der Waals surface area contributed by atoms with Crippen molar-refractivity contribution < 1.29 is 4.42 Å². The summed E-state index contributed by atoms with van der Waals surface area (Å²) in [6.07, 6.45) is 0. The highest BCUT2D eigenvalue weighted by Gasteiger charge is 2.21. The molecule has 0 aliphatic heterocycles. The van der Waals surface area contributed by atoms with Crippen molar-refractivity contribution in [3.8, 4) is 56.2 Å². The van der Waals surface area contributed by atoms with E-state index in [9.17, 15) is 0 Å². The number of pyridine rings is 1. The van der Waals surface area contributed by atoms with Gasteiger partial charge < -0.3 is 4.42 Å². The van der Waals surface area contributed by atoms with Crippen LogP contribution >= 0.6 is 0 Å². The Labute approximate surface area is 317 Å². The Morgan fingerprint density at radius 3 is 1.67 bits per heavy atom. The maximum Gasteiger partial charge on any atom is 0.160 e. The number of hydrogen-bond donors (Lipinski definition) is 0. The second-order valence-electron chi connectivity index (χ2n) is 13.9. The second kappa shape index (κ2) is 12.6. The Morgan fingerprint density at radius 2 is 0.891 bits per heavy atom. The largest absolute Gasteiger partial charge is 0.456 e. The fraction of sp³-hybridized carbons (Fsp3) is 0. The SMILES string of the molecule is c1ccc(-c2nc(-c3cccc(-c4ccc(-c5nc6ccccc6c6c(-c7ccccc7)c7c(cc56)oc5ccccc57)cc4)c3)c3ccccc3n2)cc1. The van der Waals surface area contributed by atoms with Crippen molar-refractivity contribution in [3.63, 3.8) is 0 Å². The molecule has 0 spiro atoms. The summed E-state index contributed by atoms with van der Waals surface area (Å²) in [5.74, 6) is 0.717. The van der Waals surface area contributed by atoms with E-state index in [1.807, 2.05) is 36.4 Å². The minimum atomic E-state index is 0.717. The number of hydrogen-bond acceptors (Lipinski definition) is 4. The molecule has 8 aromatic carbocycles. The standard InChI is InChI=1S/C51H31N3O/c1-3-14-33(15-4-1)46-47-38-20-7-10-23-42(38)52-49(41(47)31-45-48(46)40-22-9-12-25-44(40)55-45)34-28-26-32(27-29-34)36-18-13-19-37(30-36)50-39-21-8-11-24-43(39)53-51(54-50)35-16-5-2-6-17-35/h1-31H. The number of rotatable bonds is 5. The lowest BCUT2D eigenvalue weighted by Gasteiger charge is -2.16. The molecule has 11 aromatic rings. The molecule has 0 bridgehead atoms. The van der Waals surface area contributed by atoms with Gasteiger partial charge in [-0.15, -0.1) is 0 Å². The summed E-state index contributed by atoms with van der Waals surface area (Å²) in [5, 5.41) is 6.61. The fourth-order valence-corrected chi connectivity index (χ4v) is 8.11. The highest BCUT2D eigenvalue weighted by molar-refractivity contribution is 6.27. The average molecular weight is 702 g/mol. The van der Waals surface area contributed by atoms with Gasteiger partial charge in [0.2, 0.25) is 0 Å². The van der Waals surface area contributed by atoms with Gasteiger partial charge in [0.1, 0.15) is 11.2 Å². The molecule has 256 valence electrons. The molecule has 4 nitrogen and oxygen atoms in total. The molecule has 55 heavy (non-hydrogen) atoms. The molecular weight excluding hydrogens is 671 g/mol. The molecule has 0 aliphatic carbocycles. The molecule has 0 unspecified atom stereocenters. The highest BCUT2D eigenvalue weighted by Crippen LogP contribution is 2.46. The van der Waals surface area contributed by atoms with Crippen LogP contribution in [0.5, 0.6) is 0 Å². The smallest absolute Gasteiger partial charge is 0.160 e. The molecule has 0 saturated carbocycles. The molecule has 11 rings (SSSR count). The van der Waals surface area contributed by atoms with Gasteiger partial charge in [-0.1, -0.05) is 158 Å². The predicted molar refractivity (Wildman–Crippen MR) is 227 cm³/mol. The Kier molecular flexibility index (Phi) is 7.14. The summed E-state index contributed by atoms with van der Waals surface area (Å²) < 4.78 is 6.57. The molecule has 0 atom stereocenters. The van der Waals surface area contributed by atoms with E-state index in [0.717, 1.165) is 99.7 Å². The first-order valence-corrected chi connectivity index (χ1v) is 18.5. The van der Waals surface area contributed by atoms with Crippen LogP contribution < -0.4 is 0 Å². The van der Waals surface area contributed by atoms with Gasteiger partial charge in [0.15, 0.2) is 5.82 Å². The van der Waals surface area contributed by atoms with E-state index >= 15 is 0 Å². The zero-order chi connectivity index (χ0) is 36.3. The van der Waals surface area contributed by atoms with Crippen molar-refractivity contribution in [2.24, 2.45) is 0 Å². The van der Waals surface area contributed by atoms with Gasteiger partial charge in [0.05, 0.1) is 22.4 Å². The summed E-state index contributed by atoms with van der Waals surface area (Å²) in [6, 6.07) is 65.5. The molecule has 0 fully saturated rings. The van der Waals surface area contributed by atoms with E-state index in [1.165, 1.54) is 10.9 Å². The minimum Gasteiger partial charge on any atom is -0.456 e. The van der Waals surface area contributed by atoms with E-state index in [4.69, 9.17) is 19.4 Å². The highest BCUT2D eigenvalue weighted by atomic mass is 16.3. The lowest BCUT2D eigenvalue weighted by molar-refractivity contribution is 0.669. The molecule has 3 aromatic heterocycles. The van der Waals surface area contributed by atoms with Crippen LogP contribution in [0.1, 0.15) is 0 Å². The Bertz CT molecular complexity index is 3240. The number of furan rings is 1. The van der Waals surface area contributed by atoms with Crippen molar-refractivity contribution in [2.75, 3.05) is 0 Å². The number of nitrogens with zero attached hydrogens (tertiary/aromatic N) is 3. The quantitative estimate of drug-likeness (QED) is 0.168. The summed E-state index contributed by atoms with van der Waals surface area (Å²) in [7, 11) is 0. The van der Waals surface area contributed by atoms with Gasteiger partial charge in [0.25, 0.3) is 0 Å². The van der Waals surface area contributed by atoms with Crippen molar-refractivity contribution in [1.82, 2.24) is 15.0 Å². The topological polar surface area (TPSA) is 51.8 Å². The number of benzene rings is 8.